The molecule has 0 aromatic heterocycles. The molecular formula is C18H11FNO3S2-. The lowest BCUT2D eigenvalue weighted by molar-refractivity contribution is -0.310. The number of rotatable bonds is 4. The van der Waals surface area contributed by atoms with Crippen LogP contribution in [0.1, 0.15) is 17.2 Å². The summed E-state index contributed by atoms with van der Waals surface area (Å²) in [6.07, 6.45) is 1.37. The first-order valence-electron chi connectivity index (χ1n) is 7.26. The molecule has 1 aliphatic rings. The Hall–Kier alpha value is -2.51. The van der Waals surface area contributed by atoms with E-state index in [0.717, 1.165) is 16.7 Å². The van der Waals surface area contributed by atoms with Crippen LogP contribution in [0.25, 0.3) is 6.08 Å². The summed E-state index contributed by atoms with van der Waals surface area (Å²) in [5.74, 6) is -2.50. The number of hydrogen-bond acceptors (Lipinski definition) is 5. The molecule has 0 spiro atoms. The van der Waals surface area contributed by atoms with E-state index < -0.39 is 23.7 Å². The fraction of sp³-hybridized carbons (Fsp3) is 0.0556. The van der Waals surface area contributed by atoms with E-state index in [4.69, 9.17) is 12.2 Å². The standard InChI is InChI=1S/C18H12FNO3S2/c19-13-9-5-4-8-12(13)10-14-16(21)20(18(24)25-14)15(17(22)23)11-6-2-1-3-7-11/h1-10,15H,(H,22,23)/p-1/b14-10+/t15-/m0/s1. The molecule has 0 aliphatic carbocycles. The van der Waals surface area contributed by atoms with Crippen molar-refractivity contribution in [3.05, 3.63) is 76.4 Å². The van der Waals surface area contributed by atoms with Crippen molar-refractivity contribution in [2.24, 2.45) is 0 Å². The van der Waals surface area contributed by atoms with Crippen molar-refractivity contribution in [3.8, 4) is 0 Å². The Balaban J connectivity index is 1.98. The van der Waals surface area contributed by atoms with Crippen LogP contribution in [0, 0.1) is 5.82 Å². The van der Waals surface area contributed by atoms with E-state index in [-0.39, 0.29) is 14.8 Å². The maximum Gasteiger partial charge on any atom is 0.267 e. The molecule has 1 heterocycles. The Kier molecular flexibility index (Phi) is 4.96. The predicted molar refractivity (Wildman–Crippen MR) is 95.6 cm³/mol. The highest BCUT2D eigenvalue weighted by atomic mass is 32.2. The van der Waals surface area contributed by atoms with E-state index >= 15 is 0 Å². The molecule has 1 saturated heterocycles. The summed E-state index contributed by atoms with van der Waals surface area (Å²) in [5, 5.41) is 11.6. The number of thiocarbonyl (C=S) groups is 1. The number of halogens is 1. The zero-order valence-electron chi connectivity index (χ0n) is 12.7. The highest BCUT2D eigenvalue weighted by Crippen LogP contribution is 2.38. The van der Waals surface area contributed by atoms with Crippen molar-refractivity contribution in [3.63, 3.8) is 0 Å². The molecule has 0 bridgehead atoms. The summed E-state index contributed by atoms with van der Waals surface area (Å²) in [5.41, 5.74) is 0.610. The number of carboxylic acids is 1. The van der Waals surface area contributed by atoms with Crippen LogP contribution in [0.15, 0.2) is 59.5 Å². The Labute approximate surface area is 153 Å². The summed E-state index contributed by atoms with van der Waals surface area (Å²) in [6, 6.07) is 12.9. The lowest BCUT2D eigenvalue weighted by atomic mass is 10.1. The van der Waals surface area contributed by atoms with E-state index in [1.165, 1.54) is 18.2 Å². The van der Waals surface area contributed by atoms with Gasteiger partial charge in [-0.05, 0) is 17.7 Å². The third-order valence-electron chi connectivity index (χ3n) is 3.61. The topological polar surface area (TPSA) is 60.4 Å². The number of nitrogens with zero attached hydrogens (tertiary/aromatic N) is 1. The monoisotopic (exact) mass is 372 g/mol. The summed E-state index contributed by atoms with van der Waals surface area (Å²) < 4.78 is 13.9. The van der Waals surface area contributed by atoms with Crippen LogP contribution < -0.4 is 5.11 Å². The first kappa shape index (κ1) is 17.3. The van der Waals surface area contributed by atoms with Gasteiger partial charge in [-0.3, -0.25) is 9.69 Å². The lowest BCUT2D eigenvalue weighted by Gasteiger charge is -2.27. The van der Waals surface area contributed by atoms with Crippen LogP contribution in [0.4, 0.5) is 4.39 Å². The molecule has 1 atom stereocenters. The number of benzene rings is 2. The number of carboxylic acid groups (broad SMARTS) is 1. The van der Waals surface area contributed by atoms with Crippen molar-refractivity contribution in [1.29, 1.82) is 0 Å². The van der Waals surface area contributed by atoms with Crippen LogP contribution in [0.3, 0.4) is 0 Å². The SMILES string of the molecule is O=C([O-])[C@H](c1ccccc1)N1C(=O)/C(=C\c2ccccc2F)SC1=S. The van der Waals surface area contributed by atoms with E-state index in [1.54, 1.807) is 42.5 Å². The van der Waals surface area contributed by atoms with Gasteiger partial charge in [0.25, 0.3) is 5.91 Å². The van der Waals surface area contributed by atoms with E-state index in [1.807, 2.05) is 0 Å². The smallest absolute Gasteiger partial charge is 0.267 e. The molecule has 0 saturated carbocycles. The molecule has 4 nitrogen and oxygen atoms in total. The van der Waals surface area contributed by atoms with Crippen LogP contribution >= 0.6 is 24.0 Å². The average molecular weight is 372 g/mol. The minimum Gasteiger partial charge on any atom is -0.547 e. The molecule has 3 rings (SSSR count). The highest BCUT2D eigenvalue weighted by Gasteiger charge is 2.38. The second kappa shape index (κ2) is 7.16. The van der Waals surface area contributed by atoms with E-state index in [9.17, 15) is 19.1 Å². The molecule has 1 amide bonds. The van der Waals surface area contributed by atoms with Crippen LogP contribution in [-0.4, -0.2) is 21.1 Å². The molecule has 2 aromatic rings. The Morgan fingerprint density at radius 3 is 2.44 bits per heavy atom. The maximum atomic E-state index is 13.8. The number of hydrogen-bond donors (Lipinski definition) is 0. The van der Waals surface area contributed by atoms with Gasteiger partial charge < -0.3 is 9.90 Å². The third kappa shape index (κ3) is 3.47. The zero-order chi connectivity index (χ0) is 18.0. The van der Waals surface area contributed by atoms with Crippen molar-refractivity contribution >= 4 is 46.3 Å². The van der Waals surface area contributed by atoms with Gasteiger partial charge in [0.1, 0.15) is 16.2 Å². The van der Waals surface area contributed by atoms with Gasteiger partial charge in [0.15, 0.2) is 0 Å². The van der Waals surface area contributed by atoms with Gasteiger partial charge in [-0.1, -0.05) is 72.5 Å². The normalized spacial score (nSPS) is 17.2. The maximum absolute atomic E-state index is 13.8. The van der Waals surface area contributed by atoms with Crippen LogP contribution in [0.5, 0.6) is 0 Å². The number of amides is 1. The fourth-order valence-electron chi connectivity index (χ4n) is 2.46. The summed E-state index contributed by atoms with van der Waals surface area (Å²) in [7, 11) is 0. The summed E-state index contributed by atoms with van der Waals surface area (Å²) >= 11 is 6.12. The van der Waals surface area contributed by atoms with Gasteiger partial charge in [-0.2, -0.15) is 0 Å². The quantitative estimate of drug-likeness (QED) is 0.610. The van der Waals surface area contributed by atoms with Gasteiger partial charge in [0.05, 0.1) is 10.9 Å². The minimum absolute atomic E-state index is 0.0886. The van der Waals surface area contributed by atoms with E-state index in [2.05, 4.69) is 0 Å². The first-order valence-corrected chi connectivity index (χ1v) is 8.49. The average Bonchev–Trinajstić information content (AvgIpc) is 2.86. The number of thioether (sulfide) groups is 1. The molecule has 1 fully saturated rings. The Morgan fingerprint density at radius 1 is 1.16 bits per heavy atom. The van der Waals surface area contributed by atoms with Crippen LogP contribution in [0.2, 0.25) is 0 Å². The molecule has 0 unspecified atom stereocenters. The van der Waals surface area contributed by atoms with E-state index in [0.29, 0.717) is 5.56 Å². The highest BCUT2D eigenvalue weighted by molar-refractivity contribution is 8.26. The summed E-state index contributed by atoms with van der Waals surface area (Å²) in [4.78, 5) is 25.5. The zero-order valence-corrected chi connectivity index (χ0v) is 14.4. The Morgan fingerprint density at radius 2 is 1.80 bits per heavy atom. The van der Waals surface area contributed by atoms with Crippen molar-refractivity contribution in [2.45, 2.75) is 6.04 Å². The predicted octanol–water partition coefficient (Wildman–Crippen LogP) is 2.52. The first-order chi connectivity index (χ1) is 12.0. The largest absolute Gasteiger partial charge is 0.547 e. The number of carbonyl (C=O) groups excluding carboxylic acids is 2. The third-order valence-corrected chi connectivity index (χ3v) is 4.94. The van der Waals surface area contributed by atoms with Crippen molar-refractivity contribution in [1.82, 2.24) is 4.90 Å². The molecular weight excluding hydrogens is 361 g/mol. The van der Waals surface area contributed by atoms with Gasteiger partial charge in [0, 0.05) is 5.56 Å². The number of carbonyl (C=O) groups is 2. The molecule has 25 heavy (non-hydrogen) atoms. The molecule has 1 aliphatic heterocycles. The minimum atomic E-state index is -1.44. The molecule has 0 N–H and O–H groups in total. The molecule has 0 radical (unpaired) electrons. The molecule has 7 heteroatoms. The van der Waals surface area contributed by atoms with Gasteiger partial charge in [0.2, 0.25) is 0 Å². The molecule has 126 valence electrons. The molecule has 2 aromatic carbocycles. The number of aliphatic carboxylic acids is 1. The van der Waals surface area contributed by atoms with Gasteiger partial charge >= 0.3 is 0 Å². The summed E-state index contributed by atoms with van der Waals surface area (Å²) in [6.45, 7) is 0. The second-order valence-corrected chi connectivity index (χ2v) is 6.88. The lowest BCUT2D eigenvalue weighted by Crippen LogP contribution is -2.43. The van der Waals surface area contributed by atoms with Crippen LogP contribution in [-0.2, 0) is 9.59 Å². The fourth-order valence-corrected chi connectivity index (χ4v) is 3.77. The van der Waals surface area contributed by atoms with Gasteiger partial charge in [-0.25, -0.2) is 4.39 Å². The second-order valence-electron chi connectivity index (χ2n) is 5.21. The van der Waals surface area contributed by atoms with Crippen molar-refractivity contribution < 1.29 is 19.1 Å². The Bertz CT molecular complexity index is 883. The van der Waals surface area contributed by atoms with Crippen molar-refractivity contribution in [2.75, 3.05) is 0 Å². The van der Waals surface area contributed by atoms with Gasteiger partial charge in [-0.15, -0.1) is 0 Å².